The fraction of sp³-hybridized carbons (Fsp3) is 0.364. The molecule has 5 nitrogen and oxygen atoms in total. The van der Waals surface area contributed by atoms with Crippen LogP contribution in [-0.2, 0) is 0 Å². The Hall–Kier alpha value is -1.75. The molecule has 1 aromatic carbocycles. The van der Waals surface area contributed by atoms with Gasteiger partial charge in [-0.1, -0.05) is 6.07 Å². The molecular weight excluding hydrogens is 208 g/mol. The number of benzene rings is 1. The predicted octanol–water partition coefficient (Wildman–Crippen LogP) is 0.189. The Kier molecular flexibility index (Phi) is 2.96. The molecule has 0 unspecified atom stereocenters. The lowest BCUT2D eigenvalue weighted by Gasteiger charge is -2.12. The van der Waals surface area contributed by atoms with E-state index in [1.54, 1.807) is 0 Å². The SMILES string of the molecule is O=C(N[C@@H]1CCNC1)c1c(O)cccc1O. The highest BCUT2D eigenvalue weighted by atomic mass is 16.3. The fourth-order valence-electron chi connectivity index (χ4n) is 1.80. The number of phenols is 2. The number of carbonyl (C=O) groups is 1. The second-order valence-corrected chi connectivity index (χ2v) is 3.83. The topological polar surface area (TPSA) is 81.6 Å². The number of phenolic OH excluding ortho intramolecular Hbond substituents is 2. The molecule has 0 radical (unpaired) electrons. The molecule has 1 amide bonds. The number of hydrogen-bond acceptors (Lipinski definition) is 4. The minimum Gasteiger partial charge on any atom is -0.507 e. The summed E-state index contributed by atoms with van der Waals surface area (Å²) in [5.41, 5.74) is -0.0607. The summed E-state index contributed by atoms with van der Waals surface area (Å²) in [7, 11) is 0. The number of amides is 1. The lowest BCUT2D eigenvalue weighted by molar-refractivity contribution is 0.0934. The molecule has 16 heavy (non-hydrogen) atoms. The van der Waals surface area contributed by atoms with E-state index in [-0.39, 0.29) is 23.1 Å². The first kappa shape index (κ1) is 10.8. The number of aromatic hydroxyl groups is 2. The lowest BCUT2D eigenvalue weighted by atomic mass is 10.1. The van der Waals surface area contributed by atoms with E-state index in [1.165, 1.54) is 18.2 Å². The Morgan fingerprint density at radius 1 is 1.38 bits per heavy atom. The Morgan fingerprint density at radius 3 is 2.62 bits per heavy atom. The van der Waals surface area contributed by atoms with Crippen LogP contribution in [0, 0.1) is 0 Å². The van der Waals surface area contributed by atoms with Crippen LogP contribution >= 0.6 is 0 Å². The van der Waals surface area contributed by atoms with Crippen molar-refractivity contribution in [2.75, 3.05) is 13.1 Å². The first-order valence-corrected chi connectivity index (χ1v) is 5.21. The van der Waals surface area contributed by atoms with E-state index < -0.39 is 5.91 Å². The molecule has 1 saturated heterocycles. The van der Waals surface area contributed by atoms with Gasteiger partial charge in [-0.2, -0.15) is 0 Å². The van der Waals surface area contributed by atoms with Gasteiger partial charge in [-0.15, -0.1) is 0 Å². The van der Waals surface area contributed by atoms with Crippen LogP contribution in [0.4, 0.5) is 0 Å². The first-order chi connectivity index (χ1) is 7.68. The highest BCUT2D eigenvalue weighted by Crippen LogP contribution is 2.26. The van der Waals surface area contributed by atoms with Gasteiger partial charge in [0.25, 0.3) is 5.91 Å². The molecule has 1 aliphatic rings. The second kappa shape index (κ2) is 4.40. The molecule has 1 aliphatic heterocycles. The molecular formula is C11H14N2O3. The summed E-state index contributed by atoms with van der Waals surface area (Å²) in [5, 5.41) is 24.9. The summed E-state index contributed by atoms with van der Waals surface area (Å²) in [6.45, 7) is 1.60. The van der Waals surface area contributed by atoms with Gasteiger partial charge in [0.2, 0.25) is 0 Å². The molecule has 1 heterocycles. The van der Waals surface area contributed by atoms with Crippen molar-refractivity contribution in [3.8, 4) is 11.5 Å². The molecule has 4 N–H and O–H groups in total. The lowest BCUT2D eigenvalue weighted by Crippen LogP contribution is -2.36. The van der Waals surface area contributed by atoms with E-state index in [0.717, 1.165) is 19.5 Å². The van der Waals surface area contributed by atoms with Crippen molar-refractivity contribution in [2.45, 2.75) is 12.5 Å². The molecule has 5 heteroatoms. The molecule has 1 atom stereocenters. The van der Waals surface area contributed by atoms with Gasteiger partial charge in [0.1, 0.15) is 17.1 Å². The van der Waals surface area contributed by atoms with Gasteiger partial charge in [0.05, 0.1) is 0 Å². The average Bonchev–Trinajstić information content (AvgIpc) is 2.70. The normalized spacial score (nSPS) is 19.6. The molecule has 0 saturated carbocycles. The van der Waals surface area contributed by atoms with Crippen LogP contribution in [0.15, 0.2) is 18.2 Å². The predicted molar refractivity (Wildman–Crippen MR) is 58.5 cm³/mol. The van der Waals surface area contributed by atoms with E-state index >= 15 is 0 Å². The second-order valence-electron chi connectivity index (χ2n) is 3.83. The van der Waals surface area contributed by atoms with Crippen LogP contribution in [0.2, 0.25) is 0 Å². The summed E-state index contributed by atoms with van der Waals surface area (Å²) >= 11 is 0. The maximum Gasteiger partial charge on any atom is 0.259 e. The van der Waals surface area contributed by atoms with E-state index in [9.17, 15) is 15.0 Å². The van der Waals surface area contributed by atoms with Crippen LogP contribution in [0.5, 0.6) is 11.5 Å². The highest BCUT2D eigenvalue weighted by Gasteiger charge is 2.21. The standard InChI is InChI=1S/C11H14N2O3/c14-8-2-1-3-9(15)10(8)11(16)13-7-4-5-12-6-7/h1-3,7,12,14-15H,4-6H2,(H,13,16)/t7-/m1/s1. The Balaban J connectivity index is 2.13. The smallest absolute Gasteiger partial charge is 0.259 e. The summed E-state index contributed by atoms with van der Waals surface area (Å²) in [6, 6.07) is 4.30. The van der Waals surface area contributed by atoms with Crippen LogP contribution in [0.25, 0.3) is 0 Å². The Bertz CT molecular complexity index is 380. The highest BCUT2D eigenvalue weighted by molar-refractivity contribution is 5.99. The molecule has 86 valence electrons. The van der Waals surface area contributed by atoms with Crippen molar-refractivity contribution in [2.24, 2.45) is 0 Å². The third kappa shape index (κ3) is 2.09. The molecule has 1 aromatic rings. The zero-order valence-electron chi connectivity index (χ0n) is 8.73. The molecule has 0 aliphatic carbocycles. The Morgan fingerprint density at radius 2 is 2.06 bits per heavy atom. The van der Waals surface area contributed by atoms with E-state index in [4.69, 9.17) is 0 Å². The largest absolute Gasteiger partial charge is 0.507 e. The molecule has 0 aromatic heterocycles. The molecule has 0 spiro atoms. The maximum absolute atomic E-state index is 11.8. The minimum absolute atomic E-state index is 0.0607. The number of hydrogen-bond donors (Lipinski definition) is 4. The van der Waals surface area contributed by atoms with Gasteiger partial charge in [-0.25, -0.2) is 0 Å². The number of nitrogens with one attached hydrogen (secondary N) is 2. The van der Waals surface area contributed by atoms with Gasteiger partial charge in [0.15, 0.2) is 0 Å². The maximum atomic E-state index is 11.8. The molecule has 1 fully saturated rings. The van der Waals surface area contributed by atoms with Crippen molar-refractivity contribution < 1.29 is 15.0 Å². The minimum atomic E-state index is -0.440. The Labute approximate surface area is 93.1 Å². The summed E-state index contributed by atoms with van der Waals surface area (Å²) < 4.78 is 0. The summed E-state index contributed by atoms with van der Waals surface area (Å²) in [6.07, 6.45) is 0.861. The van der Waals surface area contributed by atoms with Crippen LogP contribution in [0.3, 0.4) is 0 Å². The van der Waals surface area contributed by atoms with Crippen molar-refractivity contribution >= 4 is 5.91 Å². The monoisotopic (exact) mass is 222 g/mol. The van der Waals surface area contributed by atoms with E-state index in [1.807, 2.05) is 0 Å². The van der Waals surface area contributed by atoms with E-state index in [0.29, 0.717) is 0 Å². The van der Waals surface area contributed by atoms with Crippen molar-refractivity contribution in [1.82, 2.24) is 10.6 Å². The van der Waals surface area contributed by atoms with E-state index in [2.05, 4.69) is 10.6 Å². The number of carbonyl (C=O) groups excluding carboxylic acids is 1. The quantitative estimate of drug-likeness (QED) is 0.575. The third-order valence-corrected chi connectivity index (χ3v) is 2.64. The van der Waals surface area contributed by atoms with Crippen LogP contribution in [0.1, 0.15) is 16.8 Å². The van der Waals surface area contributed by atoms with Gasteiger partial charge in [-0.05, 0) is 25.1 Å². The zero-order chi connectivity index (χ0) is 11.5. The van der Waals surface area contributed by atoms with Gasteiger partial charge >= 0.3 is 0 Å². The fourth-order valence-corrected chi connectivity index (χ4v) is 1.80. The van der Waals surface area contributed by atoms with Crippen LogP contribution in [-0.4, -0.2) is 35.3 Å². The van der Waals surface area contributed by atoms with Crippen molar-refractivity contribution in [3.05, 3.63) is 23.8 Å². The third-order valence-electron chi connectivity index (χ3n) is 2.64. The zero-order valence-corrected chi connectivity index (χ0v) is 8.73. The number of rotatable bonds is 2. The van der Waals surface area contributed by atoms with Gasteiger partial charge in [0, 0.05) is 12.6 Å². The summed E-state index contributed by atoms with van der Waals surface area (Å²) in [4.78, 5) is 11.8. The first-order valence-electron chi connectivity index (χ1n) is 5.21. The summed E-state index contributed by atoms with van der Waals surface area (Å²) in [5.74, 6) is -0.851. The molecule has 0 bridgehead atoms. The van der Waals surface area contributed by atoms with Crippen molar-refractivity contribution in [3.63, 3.8) is 0 Å². The average molecular weight is 222 g/mol. The van der Waals surface area contributed by atoms with Gasteiger partial charge in [-0.3, -0.25) is 4.79 Å². The van der Waals surface area contributed by atoms with Gasteiger partial charge < -0.3 is 20.8 Å². The molecule has 2 rings (SSSR count). The van der Waals surface area contributed by atoms with Crippen molar-refractivity contribution in [1.29, 1.82) is 0 Å². The van der Waals surface area contributed by atoms with Crippen LogP contribution < -0.4 is 10.6 Å².